The van der Waals surface area contributed by atoms with Gasteiger partial charge in [-0.05, 0) is 48.0 Å². The third-order valence-corrected chi connectivity index (χ3v) is 6.61. The van der Waals surface area contributed by atoms with Gasteiger partial charge < -0.3 is 0 Å². The highest BCUT2D eigenvalue weighted by molar-refractivity contribution is 7.92. The lowest BCUT2D eigenvalue weighted by Crippen LogP contribution is -2.16. The van der Waals surface area contributed by atoms with Crippen molar-refractivity contribution < 1.29 is 16.8 Å². The summed E-state index contributed by atoms with van der Waals surface area (Å²) in [7, 11) is -7.44. The third-order valence-electron chi connectivity index (χ3n) is 3.71. The van der Waals surface area contributed by atoms with Crippen LogP contribution in [0.3, 0.4) is 0 Å². The maximum absolute atomic E-state index is 12.5. The van der Waals surface area contributed by atoms with Crippen molar-refractivity contribution in [3.63, 3.8) is 0 Å². The van der Waals surface area contributed by atoms with Crippen molar-refractivity contribution in [3.8, 4) is 0 Å². The van der Waals surface area contributed by atoms with E-state index < -0.39 is 20.0 Å². The molecule has 0 unspecified atom stereocenters. The number of halogens is 1. The van der Waals surface area contributed by atoms with Gasteiger partial charge in [0, 0.05) is 10.7 Å². The molecule has 2 N–H and O–H groups in total. The van der Waals surface area contributed by atoms with Crippen LogP contribution in [0, 0.1) is 0 Å². The van der Waals surface area contributed by atoms with Crippen molar-refractivity contribution in [1.29, 1.82) is 0 Å². The first kappa shape index (κ1) is 20.2. The molecule has 0 heterocycles. The lowest BCUT2D eigenvalue weighted by molar-refractivity contribution is 0.599. The Balaban J connectivity index is 1.72. The van der Waals surface area contributed by atoms with Gasteiger partial charge in [0.1, 0.15) is 0 Å². The van der Waals surface area contributed by atoms with Crippen molar-refractivity contribution in [2.24, 2.45) is 0 Å². The average Bonchev–Trinajstić information content (AvgIpc) is 2.62. The first-order chi connectivity index (χ1) is 13.2. The van der Waals surface area contributed by atoms with Crippen molar-refractivity contribution in [1.82, 2.24) is 0 Å². The van der Waals surface area contributed by atoms with E-state index in [4.69, 9.17) is 11.6 Å². The highest BCUT2D eigenvalue weighted by atomic mass is 35.5. The fraction of sp³-hybridized carbons (Fsp3) is 0.0526. The van der Waals surface area contributed by atoms with E-state index in [1.807, 2.05) is 0 Å². The van der Waals surface area contributed by atoms with E-state index in [0.29, 0.717) is 16.3 Å². The van der Waals surface area contributed by atoms with Gasteiger partial charge in [0.05, 0.1) is 16.3 Å². The van der Waals surface area contributed by atoms with Gasteiger partial charge in [-0.25, -0.2) is 16.8 Å². The van der Waals surface area contributed by atoms with Gasteiger partial charge in [0.2, 0.25) is 10.0 Å². The molecule has 0 aromatic heterocycles. The molecule has 0 aliphatic heterocycles. The summed E-state index contributed by atoms with van der Waals surface area (Å²) < 4.78 is 54.3. The van der Waals surface area contributed by atoms with E-state index in [2.05, 4.69) is 9.44 Å². The molecule has 9 heteroatoms. The number of rotatable bonds is 7. The first-order valence-corrected chi connectivity index (χ1v) is 11.7. The molecule has 0 aliphatic rings. The smallest absolute Gasteiger partial charge is 0.261 e. The molecule has 0 saturated heterocycles. The van der Waals surface area contributed by atoms with Crippen LogP contribution in [0.15, 0.2) is 83.8 Å². The van der Waals surface area contributed by atoms with E-state index in [0.717, 1.165) is 0 Å². The van der Waals surface area contributed by atoms with E-state index in [1.54, 1.807) is 48.5 Å². The number of nitrogens with one attached hydrogen (secondary N) is 2. The Morgan fingerprint density at radius 1 is 0.714 bits per heavy atom. The van der Waals surface area contributed by atoms with Gasteiger partial charge in [-0.1, -0.05) is 48.0 Å². The van der Waals surface area contributed by atoms with Crippen molar-refractivity contribution in [2.45, 2.75) is 10.6 Å². The summed E-state index contributed by atoms with van der Waals surface area (Å²) in [5.74, 6) is -0.176. The Morgan fingerprint density at radius 2 is 1.39 bits per heavy atom. The second-order valence-electron chi connectivity index (χ2n) is 5.99. The molecule has 3 aromatic carbocycles. The van der Waals surface area contributed by atoms with E-state index in [1.165, 1.54) is 30.3 Å². The molecule has 6 nitrogen and oxygen atoms in total. The molecule has 3 aromatic rings. The topological polar surface area (TPSA) is 92.3 Å². The summed E-state index contributed by atoms with van der Waals surface area (Å²) in [5, 5.41) is 0.406. The molecule has 0 amide bonds. The normalized spacial score (nSPS) is 11.8. The summed E-state index contributed by atoms with van der Waals surface area (Å²) in [6.07, 6.45) is 0. The molecule has 0 bridgehead atoms. The van der Waals surface area contributed by atoms with Gasteiger partial charge in [0.25, 0.3) is 10.0 Å². The van der Waals surface area contributed by atoms with Crippen LogP contribution in [0.5, 0.6) is 0 Å². The summed E-state index contributed by atoms with van der Waals surface area (Å²) >= 11 is 5.86. The van der Waals surface area contributed by atoms with E-state index >= 15 is 0 Å². The van der Waals surface area contributed by atoms with Gasteiger partial charge in [-0.3, -0.25) is 9.44 Å². The molecule has 0 atom stereocenters. The Morgan fingerprint density at radius 3 is 2.04 bits per heavy atom. The van der Waals surface area contributed by atoms with Crippen molar-refractivity contribution in [3.05, 3.63) is 89.4 Å². The fourth-order valence-electron chi connectivity index (χ4n) is 2.48. The van der Waals surface area contributed by atoms with Crippen LogP contribution in [-0.2, 0) is 25.8 Å². The number of anilines is 2. The molecule has 28 heavy (non-hydrogen) atoms. The van der Waals surface area contributed by atoms with Gasteiger partial charge in [0.15, 0.2) is 0 Å². The maximum Gasteiger partial charge on any atom is 0.261 e. The van der Waals surface area contributed by atoms with Crippen LogP contribution in [0.25, 0.3) is 0 Å². The third kappa shape index (κ3) is 5.48. The van der Waals surface area contributed by atoms with Crippen LogP contribution < -0.4 is 9.44 Å². The largest absolute Gasteiger partial charge is 0.283 e. The Bertz CT molecular complexity index is 1160. The highest BCUT2D eigenvalue weighted by Crippen LogP contribution is 2.21. The number of sulfonamides is 2. The molecule has 0 radical (unpaired) electrons. The summed E-state index contributed by atoms with van der Waals surface area (Å²) in [6.45, 7) is 0. The minimum atomic E-state index is -3.82. The summed E-state index contributed by atoms with van der Waals surface area (Å²) in [4.78, 5) is -0.00140. The molecule has 3 rings (SSSR count). The fourth-order valence-corrected chi connectivity index (χ4v) is 4.92. The Hall–Kier alpha value is -2.55. The molecule has 0 fully saturated rings. The summed E-state index contributed by atoms with van der Waals surface area (Å²) in [5.41, 5.74) is 1.26. The monoisotopic (exact) mass is 436 g/mol. The van der Waals surface area contributed by atoms with Gasteiger partial charge in [-0.15, -0.1) is 0 Å². The van der Waals surface area contributed by atoms with E-state index in [-0.39, 0.29) is 16.3 Å². The minimum absolute atomic E-state index is 0.00140. The molecular formula is C19H17ClN2O4S2. The quantitative estimate of drug-likeness (QED) is 0.583. The number of hydrogen-bond donors (Lipinski definition) is 2. The number of benzene rings is 3. The standard InChI is InChI=1S/C19H17ClN2O4S2/c20-16-7-4-8-18(13-16)22-28(25,26)19-11-9-17(10-12-19)21-27(23,24)14-15-5-2-1-3-6-15/h1-13,21-22H,14H2. The SMILES string of the molecule is O=S(=O)(Cc1ccccc1)Nc1ccc(S(=O)(=O)Nc2cccc(Cl)c2)cc1. The maximum atomic E-state index is 12.5. The summed E-state index contributed by atoms with van der Waals surface area (Å²) in [6, 6.07) is 20.5. The Kier molecular flexibility index (Phi) is 5.93. The molecular weight excluding hydrogens is 420 g/mol. The average molecular weight is 437 g/mol. The van der Waals surface area contributed by atoms with Gasteiger partial charge in [-0.2, -0.15) is 0 Å². The van der Waals surface area contributed by atoms with Crippen LogP contribution in [0.4, 0.5) is 11.4 Å². The van der Waals surface area contributed by atoms with Crippen molar-refractivity contribution >= 4 is 43.0 Å². The minimum Gasteiger partial charge on any atom is -0.283 e. The predicted octanol–water partition coefficient (Wildman–Crippen LogP) is 4.08. The van der Waals surface area contributed by atoms with Gasteiger partial charge >= 0.3 is 0 Å². The van der Waals surface area contributed by atoms with E-state index in [9.17, 15) is 16.8 Å². The Labute approximate surface area is 169 Å². The zero-order chi connectivity index (χ0) is 20.2. The lowest BCUT2D eigenvalue weighted by atomic mass is 10.2. The first-order valence-electron chi connectivity index (χ1n) is 8.16. The number of hydrogen-bond acceptors (Lipinski definition) is 4. The zero-order valence-electron chi connectivity index (χ0n) is 14.5. The van der Waals surface area contributed by atoms with Crippen LogP contribution >= 0.6 is 11.6 Å². The molecule has 0 aliphatic carbocycles. The molecule has 146 valence electrons. The van der Waals surface area contributed by atoms with Crippen LogP contribution in [0.2, 0.25) is 5.02 Å². The second-order valence-corrected chi connectivity index (χ2v) is 9.83. The van der Waals surface area contributed by atoms with Crippen LogP contribution in [0.1, 0.15) is 5.56 Å². The lowest BCUT2D eigenvalue weighted by Gasteiger charge is -2.11. The zero-order valence-corrected chi connectivity index (χ0v) is 16.9. The molecule has 0 saturated carbocycles. The van der Waals surface area contributed by atoms with Crippen LogP contribution in [-0.4, -0.2) is 16.8 Å². The second kappa shape index (κ2) is 8.22. The predicted molar refractivity (Wildman–Crippen MR) is 111 cm³/mol. The van der Waals surface area contributed by atoms with Crippen molar-refractivity contribution in [2.75, 3.05) is 9.44 Å². The highest BCUT2D eigenvalue weighted by Gasteiger charge is 2.16. The molecule has 0 spiro atoms.